The van der Waals surface area contributed by atoms with Gasteiger partial charge in [-0.1, -0.05) is 18.2 Å². The highest BCUT2D eigenvalue weighted by atomic mass is 32.2. The molecule has 9 heteroatoms. The van der Waals surface area contributed by atoms with Crippen molar-refractivity contribution in [3.8, 4) is 17.2 Å². The van der Waals surface area contributed by atoms with Crippen LogP contribution in [-0.2, 0) is 21.4 Å². The molecule has 0 aliphatic heterocycles. The molecule has 2 aromatic carbocycles. The van der Waals surface area contributed by atoms with E-state index in [2.05, 4.69) is 5.32 Å². The first-order valence-corrected chi connectivity index (χ1v) is 11.1. The first-order valence-electron chi connectivity index (χ1n) is 9.28. The molecule has 0 aromatic heterocycles. The maximum Gasteiger partial charge on any atom is 0.258 e. The molecule has 0 unspecified atom stereocenters. The molecule has 0 aliphatic rings. The Balaban J connectivity index is 1.88. The van der Waals surface area contributed by atoms with Crippen molar-refractivity contribution in [3.05, 3.63) is 53.6 Å². The zero-order valence-corrected chi connectivity index (χ0v) is 18.7. The number of rotatable bonds is 10. The molecule has 0 saturated heterocycles. The topological polar surface area (TPSA) is 94.2 Å². The Morgan fingerprint density at radius 2 is 1.70 bits per heavy atom. The number of ether oxygens (including phenoxy) is 3. The van der Waals surface area contributed by atoms with E-state index in [1.165, 1.54) is 11.4 Å². The van der Waals surface area contributed by atoms with Crippen LogP contribution in [0.2, 0.25) is 0 Å². The molecule has 164 valence electrons. The fraction of sp³-hybridized carbons (Fsp3) is 0.381. The summed E-state index contributed by atoms with van der Waals surface area (Å²) in [5.41, 5.74) is 1.70. The lowest BCUT2D eigenvalue weighted by atomic mass is 10.1. The number of hydrogen-bond acceptors (Lipinski definition) is 6. The van der Waals surface area contributed by atoms with Crippen molar-refractivity contribution >= 4 is 15.9 Å². The predicted molar refractivity (Wildman–Crippen MR) is 114 cm³/mol. The highest BCUT2D eigenvalue weighted by Gasteiger charge is 2.14. The van der Waals surface area contributed by atoms with Crippen LogP contribution in [0.15, 0.2) is 42.5 Å². The number of sulfonamides is 1. The van der Waals surface area contributed by atoms with Gasteiger partial charge in [-0.15, -0.1) is 0 Å². The van der Waals surface area contributed by atoms with Crippen molar-refractivity contribution in [1.82, 2.24) is 9.62 Å². The van der Waals surface area contributed by atoms with Gasteiger partial charge in [0.25, 0.3) is 5.91 Å². The van der Waals surface area contributed by atoms with Crippen LogP contribution in [0.3, 0.4) is 0 Å². The highest BCUT2D eigenvalue weighted by Crippen LogP contribution is 2.29. The number of nitrogens with zero attached hydrogens (tertiary/aromatic N) is 1. The number of nitrogens with one attached hydrogen (secondary N) is 1. The van der Waals surface area contributed by atoms with Crippen LogP contribution >= 0.6 is 0 Å². The molecule has 1 N–H and O–H groups in total. The van der Waals surface area contributed by atoms with Gasteiger partial charge in [0, 0.05) is 13.6 Å². The standard InChI is InChI=1S/C21H28N2O6S/c1-15(17-8-11-19(27-3)20(12-17)28-4)22-21(24)14-29-18-9-6-16(7-10-18)13-23(2)30(5,25)26/h6-12,15H,13-14H2,1-5H3,(H,22,24)/t15-/m1/s1. The minimum absolute atomic E-state index is 0.139. The van der Waals surface area contributed by atoms with Crippen LogP contribution in [-0.4, -0.2) is 52.8 Å². The van der Waals surface area contributed by atoms with Gasteiger partial charge in [-0.05, 0) is 42.3 Å². The Labute approximate surface area is 177 Å². The van der Waals surface area contributed by atoms with Crippen LogP contribution in [0.4, 0.5) is 0 Å². The summed E-state index contributed by atoms with van der Waals surface area (Å²) in [6.07, 6.45) is 1.16. The lowest BCUT2D eigenvalue weighted by molar-refractivity contribution is -0.123. The third kappa shape index (κ3) is 6.64. The largest absolute Gasteiger partial charge is 0.493 e. The minimum Gasteiger partial charge on any atom is -0.493 e. The summed E-state index contributed by atoms with van der Waals surface area (Å²) in [7, 11) is 1.40. The van der Waals surface area contributed by atoms with Gasteiger partial charge < -0.3 is 19.5 Å². The van der Waals surface area contributed by atoms with E-state index in [1.807, 2.05) is 19.1 Å². The van der Waals surface area contributed by atoms with Crippen LogP contribution in [0.1, 0.15) is 24.1 Å². The molecule has 1 amide bonds. The Morgan fingerprint density at radius 3 is 2.27 bits per heavy atom. The monoisotopic (exact) mass is 436 g/mol. The minimum atomic E-state index is -3.24. The quantitative estimate of drug-likeness (QED) is 0.614. The second kappa shape index (κ2) is 10.3. The van der Waals surface area contributed by atoms with Gasteiger partial charge in [0.2, 0.25) is 10.0 Å². The Bertz CT molecular complexity index is 960. The summed E-state index contributed by atoms with van der Waals surface area (Å²) in [4.78, 5) is 12.2. The molecule has 2 rings (SSSR count). The van der Waals surface area contributed by atoms with Gasteiger partial charge in [-0.25, -0.2) is 12.7 Å². The number of methoxy groups -OCH3 is 2. The lowest BCUT2D eigenvalue weighted by Crippen LogP contribution is -2.31. The summed E-state index contributed by atoms with van der Waals surface area (Å²) >= 11 is 0. The van der Waals surface area contributed by atoms with Gasteiger partial charge in [0.1, 0.15) is 5.75 Å². The molecule has 0 bridgehead atoms. The van der Waals surface area contributed by atoms with E-state index in [4.69, 9.17) is 14.2 Å². The van der Waals surface area contributed by atoms with Crippen LogP contribution in [0.25, 0.3) is 0 Å². The first-order chi connectivity index (χ1) is 14.1. The third-order valence-corrected chi connectivity index (χ3v) is 5.81. The molecule has 0 saturated carbocycles. The number of carbonyl (C=O) groups is 1. The van der Waals surface area contributed by atoms with E-state index in [1.54, 1.807) is 44.6 Å². The Kier molecular flexibility index (Phi) is 8.08. The van der Waals surface area contributed by atoms with Crippen molar-refractivity contribution in [2.75, 3.05) is 34.1 Å². The third-order valence-electron chi connectivity index (χ3n) is 4.55. The van der Waals surface area contributed by atoms with Gasteiger partial charge in [0.05, 0.1) is 26.5 Å². The summed E-state index contributed by atoms with van der Waals surface area (Å²) < 4.78 is 40.3. The average Bonchev–Trinajstić information content (AvgIpc) is 2.71. The van der Waals surface area contributed by atoms with Crippen LogP contribution in [0, 0.1) is 0 Å². The van der Waals surface area contributed by atoms with Crippen molar-refractivity contribution in [1.29, 1.82) is 0 Å². The average molecular weight is 437 g/mol. The molecule has 0 spiro atoms. The molecule has 1 atom stereocenters. The molecular formula is C21H28N2O6S. The van der Waals surface area contributed by atoms with Gasteiger partial charge in [-0.3, -0.25) is 4.79 Å². The molecule has 8 nitrogen and oxygen atoms in total. The number of hydrogen-bond donors (Lipinski definition) is 1. The smallest absolute Gasteiger partial charge is 0.258 e. The van der Waals surface area contributed by atoms with Gasteiger partial charge >= 0.3 is 0 Å². The second-order valence-corrected chi connectivity index (χ2v) is 8.94. The Morgan fingerprint density at radius 1 is 1.07 bits per heavy atom. The predicted octanol–water partition coefficient (Wildman–Crippen LogP) is 2.35. The van der Waals surface area contributed by atoms with Crippen LogP contribution < -0.4 is 19.5 Å². The van der Waals surface area contributed by atoms with Crippen molar-refractivity contribution in [3.63, 3.8) is 0 Å². The second-order valence-electron chi connectivity index (χ2n) is 6.86. The SMILES string of the molecule is COc1ccc([C@@H](C)NC(=O)COc2ccc(CN(C)S(C)(=O)=O)cc2)cc1OC. The fourth-order valence-electron chi connectivity index (χ4n) is 2.70. The lowest BCUT2D eigenvalue weighted by Gasteiger charge is -2.17. The fourth-order valence-corrected chi connectivity index (χ4v) is 3.09. The summed E-state index contributed by atoms with van der Waals surface area (Å²) in [5.74, 6) is 1.47. The van der Waals surface area contributed by atoms with Crippen molar-refractivity contribution < 1.29 is 27.4 Å². The summed E-state index contributed by atoms with van der Waals surface area (Å²) in [5, 5.41) is 2.88. The zero-order valence-electron chi connectivity index (χ0n) is 17.8. The summed E-state index contributed by atoms with van der Waals surface area (Å²) in [6, 6.07) is 12.2. The van der Waals surface area contributed by atoms with E-state index in [9.17, 15) is 13.2 Å². The highest BCUT2D eigenvalue weighted by molar-refractivity contribution is 7.88. The molecule has 0 radical (unpaired) electrons. The molecule has 30 heavy (non-hydrogen) atoms. The van der Waals surface area contributed by atoms with E-state index in [0.29, 0.717) is 17.2 Å². The number of carbonyl (C=O) groups excluding carboxylic acids is 1. The molecular weight excluding hydrogens is 408 g/mol. The van der Waals surface area contributed by atoms with E-state index >= 15 is 0 Å². The first kappa shape index (κ1) is 23.5. The van der Waals surface area contributed by atoms with Crippen molar-refractivity contribution in [2.24, 2.45) is 0 Å². The van der Waals surface area contributed by atoms with E-state index in [-0.39, 0.29) is 25.1 Å². The zero-order chi connectivity index (χ0) is 22.3. The normalized spacial score (nSPS) is 12.3. The van der Waals surface area contributed by atoms with Crippen molar-refractivity contribution in [2.45, 2.75) is 19.5 Å². The Hall–Kier alpha value is -2.78. The molecule has 2 aromatic rings. The number of benzene rings is 2. The molecule has 0 heterocycles. The van der Waals surface area contributed by atoms with Gasteiger partial charge in [-0.2, -0.15) is 0 Å². The maximum absolute atomic E-state index is 12.2. The molecule has 0 fully saturated rings. The number of amides is 1. The van der Waals surface area contributed by atoms with Gasteiger partial charge in [0.15, 0.2) is 18.1 Å². The molecule has 0 aliphatic carbocycles. The van der Waals surface area contributed by atoms with E-state index in [0.717, 1.165) is 17.4 Å². The maximum atomic E-state index is 12.2. The summed E-state index contributed by atoms with van der Waals surface area (Å²) in [6.45, 7) is 1.99. The van der Waals surface area contributed by atoms with E-state index < -0.39 is 10.0 Å². The van der Waals surface area contributed by atoms with Crippen LogP contribution in [0.5, 0.6) is 17.2 Å².